The number of benzene rings is 2. The number of alkyl halides is 2. The van der Waals surface area contributed by atoms with Crippen molar-refractivity contribution in [3.8, 4) is 34.5 Å². The molecule has 2 N–H and O–H groups in total. The standard InChI is InChI=1S/C16H14Cl2O4/c17-14(18)7-3-4-9-15(20)10(19)8-13-16(9)22-12-6-2-1-5-11(12)21-13/h1-2,5-6,8,14,19-20H,3-4,7H2. The molecule has 1 aliphatic rings. The Morgan fingerprint density at radius 2 is 1.68 bits per heavy atom. The lowest BCUT2D eigenvalue weighted by Crippen LogP contribution is -2.03. The summed E-state index contributed by atoms with van der Waals surface area (Å²) in [4.78, 5) is -0.465. The van der Waals surface area contributed by atoms with Crippen molar-refractivity contribution >= 4 is 23.2 Å². The maximum Gasteiger partial charge on any atom is 0.177 e. The van der Waals surface area contributed by atoms with Gasteiger partial charge in [-0.3, -0.25) is 0 Å². The van der Waals surface area contributed by atoms with E-state index in [4.69, 9.17) is 32.7 Å². The van der Waals surface area contributed by atoms with Gasteiger partial charge in [-0.05, 0) is 31.4 Å². The topological polar surface area (TPSA) is 58.9 Å². The van der Waals surface area contributed by atoms with E-state index in [0.29, 0.717) is 47.8 Å². The van der Waals surface area contributed by atoms with Crippen molar-refractivity contribution in [2.24, 2.45) is 0 Å². The molecule has 0 fully saturated rings. The maximum atomic E-state index is 10.1. The van der Waals surface area contributed by atoms with Crippen molar-refractivity contribution in [3.05, 3.63) is 35.9 Å². The Labute approximate surface area is 137 Å². The van der Waals surface area contributed by atoms with Crippen molar-refractivity contribution in [3.63, 3.8) is 0 Å². The summed E-state index contributed by atoms with van der Waals surface area (Å²) in [6.45, 7) is 0. The minimum Gasteiger partial charge on any atom is -0.504 e. The summed E-state index contributed by atoms with van der Waals surface area (Å²) in [5, 5.41) is 20.0. The molecule has 0 amide bonds. The van der Waals surface area contributed by atoms with Gasteiger partial charge in [0.05, 0.1) is 0 Å². The van der Waals surface area contributed by atoms with Gasteiger partial charge in [-0.15, -0.1) is 23.2 Å². The number of ether oxygens (including phenoxy) is 2. The van der Waals surface area contributed by atoms with Gasteiger partial charge in [-0.2, -0.15) is 0 Å². The molecule has 116 valence electrons. The van der Waals surface area contributed by atoms with Crippen LogP contribution in [-0.2, 0) is 6.42 Å². The van der Waals surface area contributed by atoms with E-state index in [2.05, 4.69) is 0 Å². The minimum absolute atomic E-state index is 0.206. The summed E-state index contributed by atoms with van der Waals surface area (Å²) in [5.74, 6) is 1.46. The number of aromatic hydroxyl groups is 2. The van der Waals surface area contributed by atoms with Crippen LogP contribution in [0.3, 0.4) is 0 Å². The molecule has 0 saturated heterocycles. The summed E-state index contributed by atoms with van der Waals surface area (Å²) in [6, 6.07) is 8.55. The van der Waals surface area contributed by atoms with E-state index in [1.807, 2.05) is 12.1 Å². The number of hydrogen-bond acceptors (Lipinski definition) is 4. The Bertz CT molecular complexity index is 701. The monoisotopic (exact) mass is 340 g/mol. The molecule has 0 aliphatic carbocycles. The van der Waals surface area contributed by atoms with E-state index in [0.717, 1.165) is 0 Å². The maximum absolute atomic E-state index is 10.1. The van der Waals surface area contributed by atoms with Crippen LogP contribution in [0.25, 0.3) is 0 Å². The summed E-state index contributed by atoms with van der Waals surface area (Å²) in [5.41, 5.74) is 0.485. The highest BCUT2D eigenvalue weighted by Crippen LogP contribution is 2.52. The van der Waals surface area contributed by atoms with Gasteiger partial charge in [-0.25, -0.2) is 0 Å². The number of hydrogen-bond donors (Lipinski definition) is 2. The molecule has 0 aromatic heterocycles. The Hall–Kier alpha value is -1.78. The van der Waals surface area contributed by atoms with Gasteiger partial charge in [0.2, 0.25) is 0 Å². The molecule has 3 rings (SSSR count). The predicted molar refractivity (Wildman–Crippen MR) is 84.8 cm³/mol. The minimum atomic E-state index is -0.465. The van der Waals surface area contributed by atoms with Crippen LogP contribution in [0, 0.1) is 0 Å². The first-order valence-corrected chi connectivity index (χ1v) is 7.74. The average Bonchev–Trinajstić information content (AvgIpc) is 2.49. The zero-order valence-electron chi connectivity index (χ0n) is 11.6. The molecule has 0 unspecified atom stereocenters. The second kappa shape index (κ2) is 6.15. The quantitative estimate of drug-likeness (QED) is 0.511. The number of fused-ring (bicyclic) bond motifs is 2. The molecule has 0 spiro atoms. The van der Waals surface area contributed by atoms with Gasteiger partial charge in [0.25, 0.3) is 0 Å². The normalized spacial score (nSPS) is 12.3. The number of halogens is 2. The first kappa shape index (κ1) is 15.1. The number of phenolic OH excluding ortho intramolecular Hbond substituents is 2. The zero-order valence-corrected chi connectivity index (χ0v) is 13.1. The van der Waals surface area contributed by atoms with E-state index in [9.17, 15) is 10.2 Å². The van der Waals surface area contributed by atoms with Gasteiger partial charge in [-0.1, -0.05) is 12.1 Å². The third-order valence-electron chi connectivity index (χ3n) is 3.42. The zero-order chi connectivity index (χ0) is 15.7. The van der Waals surface area contributed by atoms with Crippen LogP contribution >= 0.6 is 23.2 Å². The largest absolute Gasteiger partial charge is 0.504 e. The van der Waals surface area contributed by atoms with Crippen molar-refractivity contribution in [1.29, 1.82) is 0 Å². The van der Waals surface area contributed by atoms with Crippen LogP contribution < -0.4 is 9.47 Å². The summed E-state index contributed by atoms with van der Waals surface area (Å²) in [6.07, 6.45) is 1.68. The smallest absolute Gasteiger partial charge is 0.177 e. The SMILES string of the molecule is Oc1cc2c(c(CCCC(Cl)Cl)c1O)Oc1ccccc1O2. The van der Waals surface area contributed by atoms with E-state index in [-0.39, 0.29) is 11.5 Å². The Balaban J connectivity index is 1.95. The van der Waals surface area contributed by atoms with Gasteiger partial charge in [0, 0.05) is 11.6 Å². The molecule has 0 atom stereocenters. The predicted octanol–water partition coefficient (Wildman–Crippen LogP) is 5.12. The summed E-state index contributed by atoms with van der Waals surface area (Å²) < 4.78 is 11.6. The fourth-order valence-electron chi connectivity index (χ4n) is 2.37. The summed E-state index contributed by atoms with van der Waals surface area (Å²) >= 11 is 11.4. The lowest BCUT2D eigenvalue weighted by molar-refractivity contribution is 0.340. The van der Waals surface area contributed by atoms with Crippen LogP contribution in [-0.4, -0.2) is 15.0 Å². The van der Waals surface area contributed by atoms with Crippen molar-refractivity contribution < 1.29 is 19.7 Å². The highest BCUT2D eigenvalue weighted by atomic mass is 35.5. The second-order valence-corrected chi connectivity index (χ2v) is 6.26. The number of phenols is 2. The van der Waals surface area contributed by atoms with Crippen LogP contribution in [0.1, 0.15) is 18.4 Å². The average molecular weight is 341 g/mol. The molecular formula is C16H14Cl2O4. The molecule has 1 aliphatic heterocycles. The van der Waals surface area contributed by atoms with E-state index >= 15 is 0 Å². The Kier molecular flexibility index (Phi) is 4.23. The number of para-hydroxylation sites is 2. The molecule has 4 nitrogen and oxygen atoms in total. The number of rotatable bonds is 4. The Morgan fingerprint density at radius 1 is 1.00 bits per heavy atom. The highest BCUT2D eigenvalue weighted by molar-refractivity contribution is 6.44. The summed E-state index contributed by atoms with van der Waals surface area (Å²) in [7, 11) is 0. The molecule has 22 heavy (non-hydrogen) atoms. The second-order valence-electron chi connectivity index (χ2n) is 4.98. The molecular weight excluding hydrogens is 327 g/mol. The molecule has 2 aromatic carbocycles. The third kappa shape index (κ3) is 2.89. The van der Waals surface area contributed by atoms with Crippen LogP contribution in [0.2, 0.25) is 0 Å². The highest BCUT2D eigenvalue weighted by Gasteiger charge is 2.26. The lowest BCUT2D eigenvalue weighted by atomic mass is 10.0. The van der Waals surface area contributed by atoms with Crippen molar-refractivity contribution in [2.45, 2.75) is 24.1 Å². The first-order chi connectivity index (χ1) is 10.6. The molecule has 0 bridgehead atoms. The Morgan fingerprint density at radius 3 is 2.36 bits per heavy atom. The molecule has 0 radical (unpaired) electrons. The van der Waals surface area contributed by atoms with E-state index < -0.39 is 4.84 Å². The van der Waals surface area contributed by atoms with Crippen LogP contribution in [0.4, 0.5) is 0 Å². The fourth-order valence-corrected chi connectivity index (χ4v) is 2.68. The van der Waals surface area contributed by atoms with Crippen LogP contribution in [0.5, 0.6) is 34.5 Å². The van der Waals surface area contributed by atoms with Crippen molar-refractivity contribution in [1.82, 2.24) is 0 Å². The third-order valence-corrected chi connectivity index (χ3v) is 3.86. The molecule has 2 aromatic rings. The first-order valence-electron chi connectivity index (χ1n) is 6.87. The van der Waals surface area contributed by atoms with Crippen molar-refractivity contribution in [2.75, 3.05) is 0 Å². The van der Waals surface area contributed by atoms with Gasteiger partial charge >= 0.3 is 0 Å². The van der Waals surface area contributed by atoms with E-state index in [1.54, 1.807) is 12.1 Å². The fraction of sp³-hybridized carbons (Fsp3) is 0.250. The van der Waals surface area contributed by atoms with Gasteiger partial charge in [0.15, 0.2) is 34.5 Å². The van der Waals surface area contributed by atoms with Crippen LogP contribution in [0.15, 0.2) is 30.3 Å². The molecule has 6 heteroatoms. The molecule has 0 saturated carbocycles. The molecule has 1 heterocycles. The van der Waals surface area contributed by atoms with E-state index in [1.165, 1.54) is 6.07 Å². The van der Waals surface area contributed by atoms with Gasteiger partial charge < -0.3 is 19.7 Å². The lowest BCUT2D eigenvalue weighted by Gasteiger charge is -2.23. The van der Waals surface area contributed by atoms with Gasteiger partial charge in [0.1, 0.15) is 4.84 Å².